The van der Waals surface area contributed by atoms with Crippen molar-refractivity contribution in [2.24, 2.45) is 0 Å². The topological polar surface area (TPSA) is 66.5 Å². The van der Waals surface area contributed by atoms with E-state index >= 15 is 0 Å². The number of nitrogens with one attached hydrogen (secondary N) is 1. The highest BCUT2D eigenvalue weighted by atomic mass is 32.2. The van der Waals surface area contributed by atoms with Crippen LogP contribution in [0.2, 0.25) is 0 Å². The molecule has 28 heavy (non-hydrogen) atoms. The summed E-state index contributed by atoms with van der Waals surface area (Å²) in [5, 5.41) is 0. The lowest BCUT2D eigenvalue weighted by atomic mass is 10.1. The molecule has 0 aromatic heterocycles. The predicted octanol–water partition coefficient (Wildman–Crippen LogP) is 3.90. The Labute approximate surface area is 165 Å². The summed E-state index contributed by atoms with van der Waals surface area (Å²) in [7, 11) is -3.35. The van der Waals surface area contributed by atoms with Crippen LogP contribution in [0.1, 0.15) is 21.5 Å². The molecule has 6 heteroatoms. The summed E-state index contributed by atoms with van der Waals surface area (Å²) < 4.78 is 25.1. The number of nitrogens with zero attached hydrogens (tertiary/aromatic N) is 1. The zero-order chi connectivity index (χ0) is 20.0. The van der Waals surface area contributed by atoms with Gasteiger partial charge in [0.05, 0.1) is 6.26 Å². The normalized spacial score (nSPS) is 11.0. The first-order valence-corrected chi connectivity index (χ1v) is 10.7. The van der Waals surface area contributed by atoms with Crippen LogP contribution in [-0.2, 0) is 23.1 Å². The largest absolute Gasteiger partial charge is 0.330 e. The van der Waals surface area contributed by atoms with Crippen LogP contribution in [0.25, 0.3) is 0 Å². The van der Waals surface area contributed by atoms with Crippen molar-refractivity contribution in [3.8, 4) is 0 Å². The van der Waals surface area contributed by atoms with Gasteiger partial charge in [-0.2, -0.15) is 0 Å². The van der Waals surface area contributed by atoms with E-state index in [4.69, 9.17) is 0 Å². The molecule has 0 aliphatic rings. The first-order valence-electron chi connectivity index (χ1n) is 8.86. The zero-order valence-electron chi connectivity index (χ0n) is 15.6. The molecule has 0 aliphatic heterocycles. The SMILES string of the molecule is CS(=O)(=O)Nc1ccc(C(=O)N(Cc2ccccc2)Cc2ccccc2)cc1. The highest BCUT2D eigenvalue weighted by molar-refractivity contribution is 7.92. The first-order chi connectivity index (χ1) is 13.4. The van der Waals surface area contributed by atoms with Crippen LogP contribution in [0.5, 0.6) is 0 Å². The number of hydrogen-bond donors (Lipinski definition) is 1. The van der Waals surface area contributed by atoms with Crippen molar-refractivity contribution in [3.63, 3.8) is 0 Å². The minimum Gasteiger partial charge on any atom is -0.330 e. The molecule has 3 aromatic carbocycles. The quantitative estimate of drug-likeness (QED) is 0.661. The maximum Gasteiger partial charge on any atom is 0.254 e. The highest BCUT2D eigenvalue weighted by Gasteiger charge is 2.17. The number of hydrogen-bond acceptors (Lipinski definition) is 3. The molecule has 0 unspecified atom stereocenters. The minimum absolute atomic E-state index is 0.112. The number of carbonyl (C=O) groups excluding carboxylic acids is 1. The third-order valence-corrected chi connectivity index (χ3v) is 4.76. The van der Waals surface area contributed by atoms with E-state index in [2.05, 4.69) is 4.72 Å². The molecule has 0 radical (unpaired) electrons. The van der Waals surface area contributed by atoms with E-state index < -0.39 is 10.0 Å². The molecule has 0 spiro atoms. The Morgan fingerprint density at radius 1 is 0.786 bits per heavy atom. The molecule has 5 nitrogen and oxygen atoms in total. The Morgan fingerprint density at radius 2 is 1.25 bits per heavy atom. The lowest BCUT2D eigenvalue weighted by Crippen LogP contribution is -2.30. The van der Waals surface area contributed by atoms with Crippen molar-refractivity contribution >= 4 is 21.6 Å². The maximum absolute atomic E-state index is 13.1. The van der Waals surface area contributed by atoms with E-state index in [1.807, 2.05) is 60.7 Å². The van der Waals surface area contributed by atoms with Gasteiger partial charge in [-0.15, -0.1) is 0 Å². The van der Waals surface area contributed by atoms with Gasteiger partial charge in [0.25, 0.3) is 5.91 Å². The molecular weight excluding hydrogens is 372 g/mol. The van der Waals surface area contributed by atoms with E-state index in [9.17, 15) is 13.2 Å². The summed E-state index contributed by atoms with van der Waals surface area (Å²) in [5.41, 5.74) is 3.02. The van der Waals surface area contributed by atoms with Crippen molar-refractivity contribution in [3.05, 3.63) is 102 Å². The molecule has 0 atom stereocenters. The van der Waals surface area contributed by atoms with Crippen LogP contribution in [0.4, 0.5) is 5.69 Å². The lowest BCUT2D eigenvalue weighted by Gasteiger charge is -2.23. The van der Waals surface area contributed by atoms with E-state index in [1.54, 1.807) is 29.2 Å². The van der Waals surface area contributed by atoms with Crippen LogP contribution in [0, 0.1) is 0 Å². The number of amides is 1. The van der Waals surface area contributed by atoms with E-state index in [1.165, 1.54) is 0 Å². The monoisotopic (exact) mass is 394 g/mol. The molecule has 1 N–H and O–H groups in total. The molecule has 0 saturated heterocycles. The van der Waals surface area contributed by atoms with Crippen LogP contribution in [0.15, 0.2) is 84.9 Å². The number of sulfonamides is 1. The van der Waals surface area contributed by atoms with E-state index in [-0.39, 0.29) is 5.91 Å². The number of rotatable bonds is 7. The van der Waals surface area contributed by atoms with Gasteiger partial charge in [0.1, 0.15) is 0 Å². The Balaban J connectivity index is 1.83. The van der Waals surface area contributed by atoms with Gasteiger partial charge in [-0.3, -0.25) is 9.52 Å². The average molecular weight is 394 g/mol. The molecule has 3 rings (SSSR count). The Kier molecular flexibility index (Phi) is 6.11. The van der Waals surface area contributed by atoms with Crippen molar-refractivity contribution < 1.29 is 13.2 Å². The average Bonchev–Trinajstić information content (AvgIpc) is 2.68. The molecule has 0 saturated carbocycles. The van der Waals surface area contributed by atoms with Gasteiger partial charge in [-0.1, -0.05) is 60.7 Å². The van der Waals surface area contributed by atoms with Crippen LogP contribution in [-0.4, -0.2) is 25.5 Å². The van der Waals surface area contributed by atoms with Crippen molar-refractivity contribution in [2.75, 3.05) is 11.0 Å². The zero-order valence-corrected chi connectivity index (χ0v) is 16.4. The summed E-state index contributed by atoms with van der Waals surface area (Å²) in [6, 6.07) is 26.1. The lowest BCUT2D eigenvalue weighted by molar-refractivity contribution is 0.0730. The van der Waals surface area contributed by atoms with E-state index in [0.717, 1.165) is 17.4 Å². The standard InChI is InChI=1S/C22H22N2O3S/c1-28(26,27)23-21-14-12-20(13-15-21)22(25)24(16-18-8-4-2-5-9-18)17-19-10-6-3-7-11-19/h2-15,23H,16-17H2,1H3. The van der Waals surface area contributed by atoms with Gasteiger partial charge in [-0.05, 0) is 35.4 Å². The molecule has 0 fully saturated rings. The van der Waals surface area contributed by atoms with Crippen molar-refractivity contribution in [2.45, 2.75) is 13.1 Å². The van der Waals surface area contributed by atoms with Gasteiger partial charge < -0.3 is 4.90 Å². The minimum atomic E-state index is -3.35. The summed E-state index contributed by atoms with van der Waals surface area (Å²) in [6.07, 6.45) is 1.09. The Morgan fingerprint density at radius 3 is 1.68 bits per heavy atom. The van der Waals surface area contributed by atoms with Crippen LogP contribution < -0.4 is 4.72 Å². The summed E-state index contributed by atoms with van der Waals surface area (Å²) in [6.45, 7) is 0.968. The molecular formula is C22H22N2O3S. The highest BCUT2D eigenvalue weighted by Crippen LogP contribution is 2.17. The van der Waals surface area contributed by atoms with Gasteiger partial charge in [0, 0.05) is 24.3 Å². The van der Waals surface area contributed by atoms with Crippen molar-refractivity contribution in [1.29, 1.82) is 0 Å². The number of anilines is 1. The number of carbonyl (C=O) groups is 1. The molecule has 1 amide bonds. The summed E-state index contributed by atoms with van der Waals surface area (Å²) in [5.74, 6) is -0.112. The third kappa shape index (κ3) is 5.69. The number of benzene rings is 3. The van der Waals surface area contributed by atoms with Crippen LogP contribution >= 0.6 is 0 Å². The second-order valence-corrected chi connectivity index (χ2v) is 8.33. The second kappa shape index (κ2) is 8.71. The fourth-order valence-corrected chi connectivity index (χ4v) is 3.45. The smallest absolute Gasteiger partial charge is 0.254 e. The van der Waals surface area contributed by atoms with Crippen LogP contribution in [0.3, 0.4) is 0 Å². The fraction of sp³-hybridized carbons (Fsp3) is 0.136. The summed E-state index contributed by atoms with van der Waals surface area (Å²) >= 11 is 0. The molecule has 0 heterocycles. The molecule has 144 valence electrons. The molecule has 3 aromatic rings. The van der Waals surface area contributed by atoms with Gasteiger partial charge in [0.15, 0.2) is 0 Å². The maximum atomic E-state index is 13.1. The first kappa shape index (κ1) is 19.6. The second-order valence-electron chi connectivity index (χ2n) is 6.58. The predicted molar refractivity (Wildman–Crippen MR) is 111 cm³/mol. The van der Waals surface area contributed by atoms with Crippen molar-refractivity contribution in [1.82, 2.24) is 4.90 Å². The molecule has 0 aliphatic carbocycles. The Hall–Kier alpha value is -3.12. The van der Waals surface area contributed by atoms with E-state index in [0.29, 0.717) is 24.3 Å². The fourth-order valence-electron chi connectivity index (χ4n) is 2.88. The summed E-state index contributed by atoms with van der Waals surface area (Å²) in [4.78, 5) is 14.9. The van der Waals surface area contributed by atoms with Gasteiger partial charge >= 0.3 is 0 Å². The van der Waals surface area contributed by atoms with Gasteiger partial charge in [-0.25, -0.2) is 8.42 Å². The molecule has 0 bridgehead atoms. The Bertz CT molecular complexity index is 977. The van der Waals surface area contributed by atoms with Gasteiger partial charge in [0.2, 0.25) is 10.0 Å². The third-order valence-electron chi connectivity index (χ3n) is 4.15.